The van der Waals surface area contributed by atoms with Crippen molar-refractivity contribution in [3.63, 3.8) is 0 Å². The number of nitrogens with one attached hydrogen (secondary N) is 3. The topological polar surface area (TPSA) is 114 Å². The molecule has 0 atom stereocenters. The van der Waals surface area contributed by atoms with Gasteiger partial charge in [-0.25, -0.2) is 8.42 Å². The van der Waals surface area contributed by atoms with E-state index in [1.807, 2.05) is 26.0 Å². The normalized spacial score (nSPS) is 10.8. The van der Waals surface area contributed by atoms with Gasteiger partial charge in [0, 0.05) is 16.8 Å². The third-order valence-corrected chi connectivity index (χ3v) is 6.16. The van der Waals surface area contributed by atoms with Crippen LogP contribution in [0.1, 0.15) is 40.1 Å². The average Bonchev–Trinajstić information content (AvgIpc) is 2.83. The van der Waals surface area contributed by atoms with E-state index in [2.05, 4.69) is 15.6 Å². The van der Waals surface area contributed by atoms with Gasteiger partial charge in [0.2, 0.25) is 0 Å². The SMILES string of the molecule is CCOc1ccc(S(=O)(=O)Nc2ccc(C(=O)NNC(=O)c3ccc(CC)cc3)cc2)cc1. The Morgan fingerprint density at radius 2 is 1.27 bits per heavy atom. The Balaban J connectivity index is 1.58. The van der Waals surface area contributed by atoms with E-state index in [4.69, 9.17) is 4.74 Å². The molecule has 0 fully saturated rings. The maximum Gasteiger partial charge on any atom is 0.269 e. The van der Waals surface area contributed by atoms with Gasteiger partial charge in [-0.1, -0.05) is 19.1 Å². The Morgan fingerprint density at radius 3 is 1.76 bits per heavy atom. The number of anilines is 1. The van der Waals surface area contributed by atoms with Crippen molar-refractivity contribution in [2.24, 2.45) is 0 Å². The zero-order valence-electron chi connectivity index (χ0n) is 18.3. The molecule has 8 nitrogen and oxygen atoms in total. The smallest absolute Gasteiger partial charge is 0.269 e. The van der Waals surface area contributed by atoms with Gasteiger partial charge in [-0.05, 0) is 79.6 Å². The van der Waals surface area contributed by atoms with Gasteiger partial charge in [-0.3, -0.25) is 25.2 Å². The predicted octanol–water partition coefficient (Wildman–Crippen LogP) is 3.52. The summed E-state index contributed by atoms with van der Waals surface area (Å²) < 4.78 is 32.9. The number of rotatable bonds is 8. The first kappa shape index (κ1) is 23.8. The fourth-order valence-corrected chi connectivity index (χ4v) is 3.99. The summed E-state index contributed by atoms with van der Waals surface area (Å²) >= 11 is 0. The van der Waals surface area contributed by atoms with Gasteiger partial charge in [0.1, 0.15) is 5.75 Å². The molecule has 3 aromatic rings. The molecule has 0 aliphatic rings. The molecule has 3 rings (SSSR count). The zero-order chi connectivity index (χ0) is 23.8. The second-order valence-corrected chi connectivity index (χ2v) is 8.73. The second-order valence-electron chi connectivity index (χ2n) is 7.05. The third kappa shape index (κ3) is 6.33. The number of hydrogen-bond acceptors (Lipinski definition) is 5. The standard InChI is InChI=1S/C24H25N3O5S/c1-3-17-5-7-18(8-6-17)23(28)25-26-24(29)19-9-11-20(12-10-19)27-33(30,31)22-15-13-21(14-16-22)32-4-2/h5-16,27H,3-4H2,1-2H3,(H,25,28)(H,26,29). The van der Waals surface area contributed by atoms with Crippen molar-refractivity contribution in [3.8, 4) is 5.75 Å². The highest BCUT2D eigenvalue weighted by Gasteiger charge is 2.15. The van der Waals surface area contributed by atoms with E-state index in [1.54, 1.807) is 24.3 Å². The summed E-state index contributed by atoms with van der Waals surface area (Å²) in [6.45, 7) is 4.35. The Kier molecular flexibility index (Phi) is 7.68. The van der Waals surface area contributed by atoms with Gasteiger partial charge in [0.25, 0.3) is 21.8 Å². The molecule has 9 heteroatoms. The molecule has 0 heterocycles. The van der Waals surface area contributed by atoms with Crippen molar-refractivity contribution in [2.45, 2.75) is 25.2 Å². The molecular weight excluding hydrogens is 442 g/mol. The molecular formula is C24H25N3O5S. The molecule has 33 heavy (non-hydrogen) atoms. The number of ether oxygens (including phenoxy) is 1. The zero-order valence-corrected chi connectivity index (χ0v) is 19.1. The minimum absolute atomic E-state index is 0.0856. The number of benzene rings is 3. The van der Waals surface area contributed by atoms with Crippen molar-refractivity contribution in [2.75, 3.05) is 11.3 Å². The van der Waals surface area contributed by atoms with Gasteiger partial charge in [0.15, 0.2) is 0 Å². The fourth-order valence-electron chi connectivity index (χ4n) is 2.94. The number of amides is 2. The highest BCUT2D eigenvalue weighted by atomic mass is 32.2. The monoisotopic (exact) mass is 467 g/mol. The van der Waals surface area contributed by atoms with Crippen LogP contribution in [0.4, 0.5) is 5.69 Å². The first-order valence-electron chi connectivity index (χ1n) is 10.4. The molecule has 0 saturated carbocycles. The van der Waals surface area contributed by atoms with Gasteiger partial charge >= 0.3 is 0 Å². The largest absolute Gasteiger partial charge is 0.494 e. The molecule has 172 valence electrons. The molecule has 0 saturated heterocycles. The maximum atomic E-state index is 12.6. The number of carbonyl (C=O) groups is 2. The Morgan fingerprint density at radius 1 is 0.758 bits per heavy atom. The number of aryl methyl sites for hydroxylation is 1. The van der Waals surface area contributed by atoms with Gasteiger partial charge in [0.05, 0.1) is 11.5 Å². The molecule has 2 amide bonds. The second kappa shape index (κ2) is 10.6. The number of carbonyl (C=O) groups excluding carboxylic acids is 2. The number of sulfonamides is 1. The van der Waals surface area contributed by atoms with Crippen molar-refractivity contribution >= 4 is 27.5 Å². The molecule has 3 aromatic carbocycles. The van der Waals surface area contributed by atoms with Gasteiger partial charge in [-0.2, -0.15) is 0 Å². The van der Waals surface area contributed by atoms with Crippen LogP contribution >= 0.6 is 0 Å². The van der Waals surface area contributed by atoms with E-state index in [9.17, 15) is 18.0 Å². The summed E-state index contributed by atoms with van der Waals surface area (Å²) in [4.78, 5) is 24.6. The van der Waals surface area contributed by atoms with Crippen LogP contribution < -0.4 is 20.3 Å². The van der Waals surface area contributed by atoms with E-state index in [0.29, 0.717) is 23.6 Å². The summed E-state index contributed by atoms with van der Waals surface area (Å²) in [5.74, 6) is -0.392. The Hall–Kier alpha value is -3.85. The lowest BCUT2D eigenvalue weighted by molar-refractivity contribution is 0.0846. The summed E-state index contributed by atoms with van der Waals surface area (Å²) in [5.41, 5.74) is 6.78. The maximum absolute atomic E-state index is 12.6. The van der Waals surface area contributed by atoms with Crippen LogP contribution in [0.25, 0.3) is 0 Å². The highest BCUT2D eigenvalue weighted by molar-refractivity contribution is 7.92. The summed E-state index contributed by atoms with van der Waals surface area (Å²) in [5, 5.41) is 0. The quantitative estimate of drug-likeness (QED) is 0.439. The average molecular weight is 468 g/mol. The predicted molar refractivity (Wildman–Crippen MR) is 126 cm³/mol. The fraction of sp³-hybridized carbons (Fsp3) is 0.167. The Labute approximate surface area is 193 Å². The minimum atomic E-state index is -3.80. The molecule has 0 aromatic heterocycles. The molecule has 0 aliphatic heterocycles. The van der Waals surface area contributed by atoms with Crippen molar-refractivity contribution in [3.05, 3.63) is 89.5 Å². The summed E-state index contributed by atoms with van der Waals surface area (Å²) in [7, 11) is -3.80. The van der Waals surface area contributed by atoms with Crippen molar-refractivity contribution in [1.29, 1.82) is 0 Å². The highest BCUT2D eigenvalue weighted by Crippen LogP contribution is 2.19. The van der Waals surface area contributed by atoms with Crippen LogP contribution in [0.5, 0.6) is 5.75 Å². The van der Waals surface area contributed by atoms with E-state index in [0.717, 1.165) is 12.0 Å². The van der Waals surface area contributed by atoms with Crippen molar-refractivity contribution in [1.82, 2.24) is 10.9 Å². The van der Waals surface area contributed by atoms with Crippen LogP contribution in [0.2, 0.25) is 0 Å². The van der Waals surface area contributed by atoms with Crippen molar-refractivity contribution < 1.29 is 22.7 Å². The number of hydrogen-bond donors (Lipinski definition) is 3. The first-order valence-corrected chi connectivity index (χ1v) is 11.9. The van der Waals surface area contributed by atoms with Crippen LogP contribution in [0.15, 0.2) is 77.7 Å². The molecule has 0 bridgehead atoms. The van der Waals surface area contributed by atoms with Crippen LogP contribution in [0, 0.1) is 0 Å². The number of hydrazine groups is 1. The Bertz CT molecular complexity index is 1210. The van der Waals surface area contributed by atoms with E-state index >= 15 is 0 Å². The van der Waals surface area contributed by atoms with Crippen LogP contribution in [-0.2, 0) is 16.4 Å². The van der Waals surface area contributed by atoms with E-state index in [1.165, 1.54) is 36.4 Å². The molecule has 0 aliphatic carbocycles. The van der Waals surface area contributed by atoms with Crippen LogP contribution in [0.3, 0.4) is 0 Å². The summed E-state index contributed by atoms with van der Waals surface area (Å²) in [6.07, 6.45) is 0.866. The van der Waals surface area contributed by atoms with E-state index < -0.39 is 21.8 Å². The minimum Gasteiger partial charge on any atom is -0.494 e. The molecule has 0 unspecified atom stereocenters. The molecule has 0 spiro atoms. The van der Waals surface area contributed by atoms with Gasteiger partial charge < -0.3 is 4.74 Å². The summed E-state index contributed by atoms with van der Waals surface area (Å²) in [6, 6.07) is 19.0. The van der Waals surface area contributed by atoms with E-state index in [-0.39, 0.29) is 10.5 Å². The first-order chi connectivity index (χ1) is 15.8. The van der Waals surface area contributed by atoms with Gasteiger partial charge in [-0.15, -0.1) is 0 Å². The third-order valence-electron chi connectivity index (χ3n) is 4.76. The molecule has 0 radical (unpaired) electrons. The molecule has 3 N–H and O–H groups in total. The lowest BCUT2D eigenvalue weighted by atomic mass is 10.1. The lowest BCUT2D eigenvalue weighted by Gasteiger charge is -2.10. The lowest BCUT2D eigenvalue weighted by Crippen LogP contribution is -2.41. The van der Waals surface area contributed by atoms with Crippen LogP contribution in [-0.4, -0.2) is 26.8 Å².